The van der Waals surface area contributed by atoms with Crippen molar-refractivity contribution in [2.45, 2.75) is 13.0 Å². The molecule has 0 radical (unpaired) electrons. The van der Waals surface area contributed by atoms with Crippen LogP contribution in [0.1, 0.15) is 18.5 Å². The van der Waals surface area contributed by atoms with Gasteiger partial charge in [0.15, 0.2) is 0 Å². The summed E-state index contributed by atoms with van der Waals surface area (Å²) in [5.74, 6) is 0.266. The lowest BCUT2D eigenvalue weighted by molar-refractivity contribution is 0.465. The number of halogens is 2. The van der Waals surface area contributed by atoms with Gasteiger partial charge in [0.05, 0.1) is 16.8 Å². The minimum atomic E-state index is -0.0510. The van der Waals surface area contributed by atoms with E-state index in [4.69, 9.17) is 23.2 Å². The van der Waals surface area contributed by atoms with Crippen LogP contribution >= 0.6 is 23.2 Å². The molecule has 0 saturated heterocycles. The smallest absolute Gasteiger partial charge is 0.120 e. The first-order valence-electron chi connectivity index (χ1n) is 5.57. The first kappa shape index (κ1) is 13.1. The molecule has 2 rings (SSSR count). The summed E-state index contributed by atoms with van der Waals surface area (Å²) in [6, 6.07) is 12.4. The minimum absolute atomic E-state index is 0.0510. The number of anilines is 1. The maximum absolute atomic E-state index is 9.78. The first-order valence-corrected chi connectivity index (χ1v) is 6.33. The van der Waals surface area contributed by atoms with Gasteiger partial charge < -0.3 is 10.4 Å². The monoisotopic (exact) mass is 281 g/mol. The highest BCUT2D eigenvalue weighted by Crippen LogP contribution is 2.31. The number of benzene rings is 2. The molecule has 0 spiro atoms. The standard InChI is InChI=1S/C14H13Cl2NO/c1-9(11-4-2-3-5-14(11)18)17-13-7-6-10(15)8-12(13)16/h2-9,17-18H,1H3. The Hall–Kier alpha value is -1.38. The van der Waals surface area contributed by atoms with Gasteiger partial charge >= 0.3 is 0 Å². The fourth-order valence-corrected chi connectivity index (χ4v) is 2.23. The van der Waals surface area contributed by atoms with E-state index in [9.17, 15) is 5.11 Å². The van der Waals surface area contributed by atoms with Crippen LogP contribution in [0.25, 0.3) is 0 Å². The topological polar surface area (TPSA) is 32.3 Å². The molecule has 2 N–H and O–H groups in total. The van der Waals surface area contributed by atoms with Crippen LogP contribution in [0, 0.1) is 0 Å². The summed E-state index contributed by atoms with van der Waals surface area (Å²) in [7, 11) is 0. The molecule has 4 heteroatoms. The Morgan fingerprint density at radius 2 is 1.83 bits per heavy atom. The second kappa shape index (κ2) is 5.51. The van der Waals surface area contributed by atoms with E-state index in [0.29, 0.717) is 10.0 Å². The molecule has 2 nitrogen and oxygen atoms in total. The van der Waals surface area contributed by atoms with Gasteiger partial charge in [0.2, 0.25) is 0 Å². The molecule has 2 aromatic rings. The fourth-order valence-electron chi connectivity index (χ4n) is 1.77. The van der Waals surface area contributed by atoms with Gasteiger partial charge in [-0.2, -0.15) is 0 Å². The maximum atomic E-state index is 9.78. The summed E-state index contributed by atoms with van der Waals surface area (Å²) >= 11 is 11.9. The lowest BCUT2D eigenvalue weighted by Crippen LogP contribution is -2.07. The number of nitrogens with one attached hydrogen (secondary N) is 1. The predicted octanol–water partition coefficient (Wildman–Crippen LogP) is 4.87. The van der Waals surface area contributed by atoms with Crippen molar-refractivity contribution in [3.63, 3.8) is 0 Å². The Bertz CT molecular complexity index is 557. The lowest BCUT2D eigenvalue weighted by atomic mass is 10.1. The van der Waals surface area contributed by atoms with Crippen molar-refractivity contribution in [1.82, 2.24) is 0 Å². The molecule has 0 fully saturated rings. The molecule has 0 saturated carbocycles. The number of phenolic OH excluding ortho intramolecular Hbond substituents is 1. The largest absolute Gasteiger partial charge is 0.508 e. The molecular formula is C14H13Cl2NO. The van der Waals surface area contributed by atoms with Crippen LogP contribution in [-0.2, 0) is 0 Å². The zero-order chi connectivity index (χ0) is 13.1. The lowest BCUT2D eigenvalue weighted by Gasteiger charge is -2.17. The molecule has 0 aliphatic carbocycles. The highest BCUT2D eigenvalue weighted by Gasteiger charge is 2.11. The highest BCUT2D eigenvalue weighted by atomic mass is 35.5. The zero-order valence-electron chi connectivity index (χ0n) is 9.82. The third-order valence-corrected chi connectivity index (χ3v) is 3.25. The van der Waals surface area contributed by atoms with Crippen molar-refractivity contribution in [3.05, 3.63) is 58.1 Å². The van der Waals surface area contributed by atoms with Gasteiger partial charge in [-0.25, -0.2) is 0 Å². The molecule has 94 valence electrons. The van der Waals surface area contributed by atoms with Gasteiger partial charge in [0, 0.05) is 10.6 Å². The van der Waals surface area contributed by atoms with Crippen LogP contribution in [-0.4, -0.2) is 5.11 Å². The molecular weight excluding hydrogens is 269 g/mol. The van der Waals surface area contributed by atoms with Crippen LogP contribution in [0.3, 0.4) is 0 Å². The van der Waals surface area contributed by atoms with Crippen LogP contribution < -0.4 is 5.32 Å². The Balaban J connectivity index is 2.21. The molecule has 0 aliphatic rings. The summed E-state index contributed by atoms with van der Waals surface area (Å²) in [5, 5.41) is 14.2. The Labute approximate surface area is 116 Å². The quantitative estimate of drug-likeness (QED) is 0.841. The Morgan fingerprint density at radius 1 is 1.11 bits per heavy atom. The summed E-state index contributed by atoms with van der Waals surface area (Å²) < 4.78 is 0. The minimum Gasteiger partial charge on any atom is -0.508 e. The van der Waals surface area contributed by atoms with Crippen LogP contribution in [0.5, 0.6) is 5.75 Å². The van der Waals surface area contributed by atoms with Gasteiger partial charge in [-0.3, -0.25) is 0 Å². The van der Waals surface area contributed by atoms with Gasteiger partial charge in [0.1, 0.15) is 5.75 Å². The van der Waals surface area contributed by atoms with Crippen molar-refractivity contribution >= 4 is 28.9 Å². The van der Waals surface area contributed by atoms with Crippen molar-refractivity contribution in [2.75, 3.05) is 5.32 Å². The average molecular weight is 282 g/mol. The van der Waals surface area contributed by atoms with Crippen molar-refractivity contribution < 1.29 is 5.11 Å². The molecule has 1 unspecified atom stereocenters. The van der Waals surface area contributed by atoms with Crippen LogP contribution in [0.4, 0.5) is 5.69 Å². The number of hydrogen-bond donors (Lipinski definition) is 2. The maximum Gasteiger partial charge on any atom is 0.120 e. The fraction of sp³-hybridized carbons (Fsp3) is 0.143. The molecule has 2 aromatic carbocycles. The predicted molar refractivity (Wildman–Crippen MR) is 76.6 cm³/mol. The number of rotatable bonds is 3. The van der Waals surface area contributed by atoms with E-state index in [1.807, 2.05) is 25.1 Å². The van der Waals surface area contributed by atoms with Crippen molar-refractivity contribution in [3.8, 4) is 5.75 Å². The summed E-state index contributed by atoms with van der Waals surface area (Å²) in [5.41, 5.74) is 1.61. The molecule has 1 atom stereocenters. The van der Waals surface area contributed by atoms with Crippen molar-refractivity contribution in [2.24, 2.45) is 0 Å². The van der Waals surface area contributed by atoms with E-state index in [-0.39, 0.29) is 11.8 Å². The third kappa shape index (κ3) is 2.89. The van der Waals surface area contributed by atoms with E-state index in [1.165, 1.54) is 0 Å². The molecule has 0 bridgehead atoms. The second-order valence-electron chi connectivity index (χ2n) is 4.05. The Kier molecular flexibility index (Phi) is 4.00. The van der Waals surface area contributed by atoms with E-state index < -0.39 is 0 Å². The van der Waals surface area contributed by atoms with Gasteiger partial charge in [-0.15, -0.1) is 0 Å². The Morgan fingerprint density at radius 3 is 2.50 bits per heavy atom. The van der Waals surface area contributed by atoms with Crippen LogP contribution in [0.15, 0.2) is 42.5 Å². The van der Waals surface area contributed by atoms with Gasteiger partial charge in [0.25, 0.3) is 0 Å². The molecule has 0 aromatic heterocycles. The molecule has 0 heterocycles. The molecule has 0 aliphatic heterocycles. The van der Waals surface area contributed by atoms with Crippen molar-refractivity contribution in [1.29, 1.82) is 0 Å². The SMILES string of the molecule is CC(Nc1ccc(Cl)cc1Cl)c1ccccc1O. The highest BCUT2D eigenvalue weighted by molar-refractivity contribution is 6.36. The second-order valence-corrected chi connectivity index (χ2v) is 4.89. The molecule has 0 amide bonds. The average Bonchev–Trinajstić information content (AvgIpc) is 2.33. The summed E-state index contributed by atoms with van der Waals surface area (Å²) in [6.45, 7) is 1.96. The summed E-state index contributed by atoms with van der Waals surface area (Å²) in [4.78, 5) is 0. The van der Waals surface area contributed by atoms with E-state index in [0.717, 1.165) is 11.3 Å². The van der Waals surface area contributed by atoms with E-state index >= 15 is 0 Å². The number of aromatic hydroxyl groups is 1. The summed E-state index contributed by atoms with van der Waals surface area (Å²) in [6.07, 6.45) is 0. The van der Waals surface area contributed by atoms with Gasteiger partial charge in [-0.05, 0) is 31.2 Å². The zero-order valence-corrected chi connectivity index (χ0v) is 11.3. The first-order chi connectivity index (χ1) is 8.58. The normalized spacial score (nSPS) is 12.2. The molecule has 18 heavy (non-hydrogen) atoms. The number of hydrogen-bond acceptors (Lipinski definition) is 2. The van der Waals surface area contributed by atoms with E-state index in [1.54, 1.807) is 24.3 Å². The van der Waals surface area contributed by atoms with Gasteiger partial charge in [-0.1, -0.05) is 41.4 Å². The third-order valence-electron chi connectivity index (χ3n) is 2.71. The number of para-hydroxylation sites is 1. The number of phenols is 1. The van der Waals surface area contributed by atoms with E-state index in [2.05, 4.69) is 5.32 Å². The van der Waals surface area contributed by atoms with Crippen LogP contribution in [0.2, 0.25) is 10.0 Å².